The molecule has 0 aliphatic carbocycles. The van der Waals surface area contributed by atoms with Crippen molar-refractivity contribution in [2.45, 2.75) is 20.0 Å². The molecule has 2 aromatic heterocycles. The number of benzene rings is 1. The second-order valence-electron chi connectivity index (χ2n) is 7.35. The van der Waals surface area contributed by atoms with Gasteiger partial charge < -0.3 is 10.6 Å². The lowest BCUT2D eigenvalue weighted by Gasteiger charge is -2.35. The zero-order chi connectivity index (χ0) is 21.1. The fourth-order valence-electron chi connectivity index (χ4n) is 3.52. The third-order valence-electron chi connectivity index (χ3n) is 5.38. The van der Waals surface area contributed by atoms with Crippen LogP contribution in [0.2, 0.25) is 0 Å². The number of amides is 1. The Hall–Kier alpha value is -3.04. The molecule has 156 valence electrons. The number of primary amides is 1. The molecule has 1 amide bonds. The van der Waals surface area contributed by atoms with Gasteiger partial charge in [0.15, 0.2) is 5.82 Å². The van der Waals surface area contributed by atoms with E-state index in [1.54, 1.807) is 6.07 Å². The maximum absolute atomic E-state index is 11.2. The van der Waals surface area contributed by atoms with Gasteiger partial charge in [-0.05, 0) is 36.3 Å². The van der Waals surface area contributed by atoms with Gasteiger partial charge in [-0.3, -0.25) is 14.8 Å². The van der Waals surface area contributed by atoms with Gasteiger partial charge in [-0.15, -0.1) is 0 Å². The highest BCUT2D eigenvalue weighted by Gasteiger charge is 2.19. The number of pyridine rings is 1. The van der Waals surface area contributed by atoms with Gasteiger partial charge in [0, 0.05) is 37.9 Å². The molecule has 3 heterocycles. The van der Waals surface area contributed by atoms with Gasteiger partial charge in [-0.2, -0.15) is 4.98 Å². The lowest BCUT2D eigenvalue weighted by molar-refractivity contribution is 0.1000. The largest absolute Gasteiger partial charge is 0.366 e. The predicted octanol–water partition coefficient (Wildman–Crippen LogP) is 2.44. The molecule has 1 aliphatic rings. The smallest absolute Gasteiger partial charge is 0.250 e. The lowest BCUT2D eigenvalue weighted by atomic mass is 10.1. The molecule has 0 spiro atoms. The molecule has 9 heteroatoms. The van der Waals surface area contributed by atoms with Crippen molar-refractivity contribution >= 4 is 23.9 Å². The van der Waals surface area contributed by atoms with Crippen molar-refractivity contribution in [2.24, 2.45) is 5.73 Å². The van der Waals surface area contributed by atoms with Crippen LogP contribution in [0.15, 0.2) is 42.6 Å². The summed E-state index contributed by atoms with van der Waals surface area (Å²) in [5, 5.41) is 3.33. The molecule has 1 saturated heterocycles. The summed E-state index contributed by atoms with van der Waals surface area (Å²) < 4.78 is 2.46. The van der Waals surface area contributed by atoms with Crippen LogP contribution in [0.1, 0.15) is 22.8 Å². The number of nitrogens with one attached hydrogen (secondary N) is 1. The van der Waals surface area contributed by atoms with Crippen molar-refractivity contribution in [1.82, 2.24) is 24.6 Å². The zero-order valence-corrected chi connectivity index (χ0v) is 17.7. The first-order valence-corrected chi connectivity index (χ1v) is 10.4. The number of anilines is 1. The van der Waals surface area contributed by atoms with Gasteiger partial charge in [-0.25, -0.2) is 9.67 Å². The molecular formula is C21H25N7OS. The Morgan fingerprint density at radius 2 is 1.87 bits per heavy atom. The molecule has 3 N–H and O–H groups in total. The number of hydrogen-bond donors (Lipinski definition) is 2. The quantitative estimate of drug-likeness (QED) is 0.591. The van der Waals surface area contributed by atoms with Crippen LogP contribution >= 0.6 is 12.2 Å². The summed E-state index contributed by atoms with van der Waals surface area (Å²) >= 11 is 5.46. The van der Waals surface area contributed by atoms with Crippen molar-refractivity contribution in [3.05, 3.63) is 58.5 Å². The van der Waals surface area contributed by atoms with Crippen molar-refractivity contribution < 1.29 is 4.79 Å². The second-order valence-corrected chi connectivity index (χ2v) is 7.71. The normalized spacial score (nSPS) is 14.8. The van der Waals surface area contributed by atoms with E-state index >= 15 is 0 Å². The third kappa shape index (κ3) is 4.42. The van der Waals surface area contributed by atoms with Crippen LogP contribution in [-0.2, 0) is 13.1 Å². The van der Waals surface area contributed by atoms with Crippen LogP contribution in [0, 0.1) is 4.77 Å². The summed E-state index contributed by atoms with van der Waals surface area (Å²) in [5.74, 6) is 1.19. The van der Waals surface area contributed by atoms with E-state index < -0.39 is 5.91 Å². The standard InChI is InChI=1S/C21H25N7OS/c1-2-15-3-5-16(6-4-15)20-24-21(30)28(25-20)14-26-9-11-27(12-10-26)18-8-7-17(13-23-18)19(22)29/h3-8,13H,2,9-12,14H2,1H3,(H2,22,29)(H,24,25,30). The van der Waals surface area contributed by atoms with E-state index in [9.17, 15) is 4.79 Å². The molecular weight excluding hydrogens is 398 g/mol. The molecule has 0 unspecified atom stereocenters. The Labute approximate surface area is 180 Å². The summed E-state index contributed by atoms with van der Waals surface area (Å²) in [5.41, 5.74) is 8.04. The first-order valence-electron chi connectivity index (χ1n) is 10.0. The van der Waals surface area contributed by atoms with Crippen LogP contribution in [0.4, 0.5) is 5.82 Å². The van der Waals surface area contributed by atoms with Gasteiger partial charge >= 0.3 is 0 Å². The summed E-state index contributed by atoms with van der Waals surface area (Å²) in [7, 11) is 0. The van der Waals surface area contributed by atoms with Crippen LogP contribution in [-0.4, -0.2) is 56.7 Å². The van der Waals surface area contributed by atoms with Gasteiger partial charge in [0.1, 0.15) is 5.82 Å². The molecule has 1 fully saturated rings. The number of aryl methyl sites for hydroxylation is 1. The summed E-state index contributed by atoms with van der Waals surface area (Å²) in [6.07, 6.45) is 2.55. The van der Waals surface area contributed by atoms with Crippen molar-refractivity contribution in [2.75, 3.05) is 31.1 Å². The predicted molar refractivity (Wildman–Crippen MR) is 119 cm³/mol. The van der Waals surface area contributed by atoms with E-state index in [4.69, 9.17) is 18.0 Å². The van der Waals surface area contributed by atoms with Crippen molar-refractivity contribution in [3.63, 3.8) is 0 Å². The monoisotopic (exact) mass is 423 g/mol. The number of piperazine rings is 1. The number of rotatable bonds is 6. The van der Waals surface area contributed by atoms with Crippen LogP contribution in [0.3, 0.4) is 0 Å². The van der Waals surface area contributed by atoms with Gasteiger partial charge in [0.2, 0.25) is 10.7 Å². The Bertz CT molecular complexity index is 1060. The maximum Gasteiger partial charge on any atom is 0.250 e. The fraction of sp³-hybridized carbons (Fsp3) is 0.333. The molecule has 8 nitrogen and oxygen atoms in total. The minimum Gasteiger partial charge on any atom is -0.366 e. The van der Waals surface area contributed by atoms with E-state index in [1.165, 1.54) is 11.8 Å². The fourth-order valence-corrected chi connectivity index (χ4v) is 3.71. The number of carbonyl (C=O) groups is 1. The average Bonchev–Trinajstić information content (AvgIpc) is 3.14. The van der Waals surface area contributed by atoms with E-state index in [2.05, 4.69) is 56.1 Å². The molecule has 3 aromatic rings. The number of nitrogens with two attached hydrogens (primary N) is 1. The highest BCUT2D eigenvalue weighted by molar-refractivity contribution is 7.71. The summed E-state index contributed by atoms with van der Waals surface area (Å²) in [6, 6.07) is 12.0. The maximum atomic E-state index is 11.2. The number of aromatic nitrogens is 4. The molecule has 0 saturated carbocycles. The Morgan fingerprint density at radius 3 is 2.47 bits per heavy atom. The summed E-state index contributed by atoms with van der Waals surface area (Å²) in [6.45, 7) is 6.25. The number of hydrogen-bond acceptors (Lipinski definition) is 6. The van der Waals surface area contributed by atoms with Gasteiger partial charge in [0.25, 0.3) is 0 Å². The number of aromatic amines is 1. The Kier molecular flexibility index (Phi) is 5.91. The number of nitrogens with zero attached hydrogens (tertiary/aromatic N) is 5. The van der Waals surface area contributed by atoms with Crippen LogP contribution in [0.25, 0.3) is 11.4 Å². The molecule has 0 bridgehead atoms. The Morgan fingerprint density at radius 1 is 1.13 bits per heavy atom. The second kappa shape index (κ2) is 8.76. The van der Waals surface area contributed by atoms with Crippen LogP contribution in [0.5, 0.6) is 0 Å². The topological polar surface area (TPSA) is 96.1 Å². The SMILES string of the molecule is CCc1ccc(-c2nc(=S)n(CN3CCN(c4ccc(C(N)=O)cn4)CC3)[nH]2)cc1. The minimum absolute atomic E-state index is 0.422. The van der Waals surface area contributed by atoms with E-state index in [0.29, 0.717) is 17.0 Å². The highest BCUT2D eigenvalue weighted by atomic mass is 32.1. The number of carbonyl (C=O) groups excluding carboxylic acids is 1. The zero-order valence-electron chi connectivity index (χ0n) is 16.9. The van der Waals surface area contributed by atoms with E-state index in [0.717, 1.165) is 49.8 Å². The van der Waals surface area contributed by atoms with Crippen molar-refractivity contribution in [1.29, 1.82) is 0 Å². The Balaban J connectivity index is 1.37. The van der Waals surface area contributed by atoms with E-state index in [-0.39, 0.29) is 0 Å². The van der Waals surface area contributed by atoms with Crippen molar-refractivity contribution in [3.8, 4) is 11.4 Å². The molecule has 0 radical (unpaired) electrons. The molecule has 30 heavy (non-hydrogen) atoms. The van der Waals surface area contributed by atoms with Gasteiger partial charge in [-0.1, -0.05) is 31.2 Å². The molecule has 1 aromatic carbocycles. The average molecular weight is 424 g/mol. The molecule has 4 rings (SSSR count). The number of H-pyrrole nitrogens is 1. The minimum atomic E-state index is -0.462. The van der Waals surface area contributed by atoms with Crippen LogP contribution < -0.4 is 10.6 Å². The molecule has 0 atom stereocenters. The van der Waals surface area contributed by atoms with Gasteiger partial charge in [0.05, 0.1) is 12.2 Å². The first kappa shape index (κ1) is 20.2. The summed E-state index contributed by atoms with van der Waals surface area (Å²) in [4.78, 5) is 24.6. The molecule has 1 aliphatic heterocycles. The lowest BCUT2D eigenvalue weighted by Crippen LogP contribution is -2.47. The van der Waals surface area contributed by atoms with E-state index in [1.807, 2.05) is 10.7 Å². The highest BCUT2D eigenvalue weighted by Crippen LogP contribution is 2.17. The first-order chi connectivity index (χ1) is 14.5. The third-order valence-corrected chi connectivity index (χ3v) is 5.70.